The lowest BCUT2D eigenvalue weighted by atomic mass is 10.2. The number of amidine groups is 1. The average molecular weight is 397 g/mol. The Morgan fingerprint density at radius 2 is 1.82 bits per heavy atom. The minimum Gasteiger partial charge on any atom is -0.378 e. The molecule has 0 saturated carbocycles. The quantitative estimate of drug-likeness (QED) is 0.737. The van der Waals surface area contributed by atoms with Crippen LogP contribution in [0.15, 0.2) is 58.4 Å². The number of thioether (sulfide) groups is 1. The highest BCUT2D eigenvalue weighted by atomic mass is 32.2. The fourth-order valence-corrected chi connectivity index (χ4v) is 4.03. The molecule has 2 fully saturated rings. The first kappa shape index (κ1) is 18.7. The van der Waals surface area contributed by atoms with E-state index in [1.54, 1.807) is 31.3 Å². The van der Waals surface area contributed by atoms with Gasteiger partial charge in [-0.1, -0.05) is 18.2 Å². The van der Waals surface area contributed by atoms with Gasteiger partial charge in [-0.15, -0.1) is 0 Å². The van der Waals surface area contributed by atoms with Crippen LogP contribution in [-0.2, 0) is 9.53 Å². The molecule has 28 heavy (non-hydrogen) atoms. The molecule has 2 aliphatic heterocycles. The Morgan fingerprint density at radius 1 is 1.11 bits per heavy atom. The lowest BCUT2D eigenvalue weighted by molar-refractivity contribution is -0.121. The van der Waals surface area contributed by atoms with Gasteiger partial charge in [0.15, 0.2) is 5.17 Å². The number of carbonyl (C=O) groups excluding carboxylic acids is 1. The first-order chi connectivity index (χ1) is 13.6. The fourth-order valence-electron chi connectivity index (χ4n) is 3.06. The van der Waals surface area contributed by atoms with Gasteiger partial charge >= 0.3 is 0 Å². The first-order valence-electron chi connectivity index (χ1n) is 9.05. The van der Waals surface area contributed by atoms with Crippen LogP contribution < -0.4 is 4.90 Å². The van der Waals surface area contributed by atoms with Crippen molar-refractivity contribution < 1.29 is 13.9 Å². The zero-order chi connectivity index (χ0) is 19.5. The summed E-state index contributed by atoms with van der Waals surface area (Å²) in [6.45, 7) is 3.24. The normalized spacial score (nSPS) is 20.4. The number of halogens is 1. The third-order valence-corrected chi connectivity index (χ3v) is 5.71. The van der Waals surface area contributed by atoms with Crippen LogP contribution in [0, 0.1) is 5.82 Å². The van der Waals surface area contributed by atoms with E-state index in [2.05, 4.69) is 9.89 Å². The molecule has 0 atom stereocenters. The minimum absolute atomic E-state index is 0.183. The number of anilines is 1. The summed E-state index contributed by atoms with van der Waals surface area (Å²) >= 11 is 1.25. The summed E-state index contributed by atoms with van der Waals surface area (Å²) in [6.07, 6.45) is 1.57. The van der Waals surface area contributed by atoms with Gasteiger partial charge in [-0.2, -0.15) is 0 Å². The van der Waals surface area contributed by atoms with Crippen LogP contribution in [0.5, 0.6) is 0 Å². The Hall–Kier alpha value is -2.64. The van der Waals surface area contributed by atoms with Crippen LogP contribution in [0.1, 0.15) is 5.56 Å². The number of amides is 1. The Labute approximate surface area is 167 Å². The highest BCUT2D eigenvalue weighted by molar-refractivity contribution is 8.18. The van der Waals surface area contributed by atoms with Crippen LogP contribution in [-0.4, -0.2) is 49.3 Å². The Morgan fingerprint density at radius 3 is 2.54 bits per heavy atom. The van der Waals surface area contributed by atoms with Gasteiger partial charge in [0.2, 0.25) is 0 Å². The van der Waals surface area contributed by atoms with Crippen molar-refractivity contribution in [3.8, 4) is 0 Å². The van der Waals surface area contributed by atoms with E-state index < -0.39 is 0 Å². The van der Waals surface area contributed by atoms with E-state index in [0.29, 0.717) is 15.6 Å². The molecule has 2 aromatic carbocycles. The van der Waals surface area contributed by atoms with E-state index in [-0.39, 0.29) is 11.7 Å². The first-order valence-corrected chi connectivity index (χ1v) is 9.87. The number of aliphatic imine (C=N–C) groups is 1. The van der Waals surface area contributed by atoms with Gasteiger partial charge in [0.1, 0.15) is 5.82 Å². The Balaban J connectivity index is 1.53. The number of nitrogens with zero attached hydrogens (tertiary/aromatic N) is 3. The van der Waals surface area contributed by atoms with Gasteiger partial charge in [-0.25, -0.2) is 9.38 Å². The second-order valence-electron chi connectivity index (χ2n) is 6.51. The van der Waals surface area contributed by atoms with Crippen molar-refractivity contribution in [2.45, 2.75) is 0 Å². The largest absolute Gasteiger partial charge is 0.378 e. The Kier molecular flexibility index (Phi) is 5.45. The van der Waals surface area contributed by atoms with Crippen molar-refractivity contribution in [1.29, 1.82) is 0 Å². The minimum atomic E-state index is -0.352. The zero-order valence-corrected chi connectivity index (χ0v) is 16.3. The van der Waals surface area contributed by atoms with E-state index in [1.807, 2.05) is 24.3 Å². The van der Waals surface area contributed by atoms with Crippen LogP contribution in [0.25, 0.3) is 6.08 Å². The van der Waals surface area contributed by atoms with Crippen LogP contribution in [0.4, 0.5) is 15.8 Å². The van der Waals surface area contributed by atoms with Crippen molar-refractivity contribution in [1.82, 2.24) is 4.90 Å². The topological polar surface area (TPSA) is 45.1 Å². The van der Waals surface area contributed by atoms with Crippen LogP contribution in [0.2, 0.25) is 0 Å². The molecule has 4 rings (SSSR count). The third kappa shape index (κ3) is 3.95. The number of likely N-dealkylation sites (N-methyl/N-ethyl adjacent to an activating group) is 1. The SMILES string of the molecule is CN1C(=O)/C(=C/c2ccccc2F)SC1=Nc1ccc(N2CCOCC2)cc1. The van der Waals surface area contributed by atoms with Crippen molar-refractivity contribution >= 4 is 40.3 Å². The molecule has 1 amide bonds. The van der Waals surface area contributed by atoms with E-state index >= 15 is 0 Å². The molecule has 0 radical (unpaired) electrons. The summed E-state index contributed by atoms with van der Waals surface area (Å²) in [4.78, 5) is 21.3. The highest BCUT2D eigenvalue weighted by Crippen LogP contribution is 2.33. The number of morpholine rings is 1. The summed E-state index contributed by atoms with van der Waals surface area (Å²) in [5.74, 6) is -0.535. The maximum atomic E-state index is 13.9. The standard InChI is InChI=1S/C21H20FN3O2S/c1-24-20(26)19(14-15-4-2-3-5-18(15)22)28-21(24)23-16-6-8-17(9-7-16)25-10-12-27-13-11-25/h2-9,14H,10-13H2,1H3/b19-14-,23-21?. The molecule has 5 nitrogen and oxygen atoms in total. The average Bonchev–Trinajstić information content (AvgIpc) is 2.99. The second-order valence-corrected chi connectivity index (χ2v) is 7.52. The molecule has 2 heterocycles. The number of benzene rings is 2. The van der Waals surface area contributed by atoms with Crippen LogP contribution in [0.3, 0.4) is 0 Å². The van der Waals surface area contributed by atoms with E-state index in [0.717, 1.165) is 37.7 Å². The summed E-state index contributed by atoms with van der Waals surface area (Å²) in [5.41, 5.74) is 2.30. The highest BCUT2D eigenvalue weighted by Gasteiger charge is 2.30. The fraction of sp³-hybridized carbons (Fsp3) is 0.238. The number of ether oxygens (including phenoxy) is 1. The van der Waals surface area contributed by atoms with Gasteiger partial charge in [0, 0.05) is 31.4 Å². The summed E-state index contributed by atoms with van der Waals surface area (Å²) in [6, 6.07) is 14.3. The van der Waals surface area contributed by atoms with Gasteiger partial charge in [0.25, 0.3) is 5.91 Å². The van der Waals surface area contributed by atoms with Crippen molar-refractivity contribution in [3.63, 3.8) is 0 Å². The van der Waals surface area contributed by atoms with Crippen molar-refractivity contribution in [2.75, 3.05) is 38.3 Å². The summed E-state index contributed by atoms with van der Waals surface area (Å²) in [5, 5.41) is 0.576. The maximum absolute atomic E-state index is 13.9. The predicted octanol–water partition coefficient (Wildman–Crippen LogP) is 3.90. The number of carbonyl (C=O) groups is 1. The second kappa shape index (κ2) is 8.16. The lowest BCUT2D eigenvalue weighted by Gasteiger charge is -2.28. The van der Waals surface area contributed by atoms with Gasteiger partial charge in [-0.3, -0.25) is 9.69 Å². The van der Waals surface area contributed by atoms with Crippen molar-refractivity contribution in [3.05, 3.63) is 64.8 Å². The maximum Gasteiger partial charge on any atom is 0.266 e. The molecular formula is C21H20FN3O2S. The smallest absolute Gasteiger partial charge is 0.266 e. The van der Waals surface area contributed by atoms with E-state index in [9.17, 15) is 9.18 Å². The molecule has 0 unspecified atom stereocenters. The van der Waals surface area contributed by atoms with Crippen LogP contribution >= 0.6 is 11.8 Å². The van der Waals surface area contributed by atoms with Crippen molar-refractivity contribution in [2.24, 2.45) is 4.99 Å². The number of hydrogen-bond donors (Lipinski definition) is 0. The molecule has 0 aliphatic carbocycles. The Bertz CT molecular complexity index is 937. The molecule has 7 heteroatoms. The molecule has 2 aliphatic rings. The zero-order valence-electron chi connectivity index (χ0n) is 15.5. The van der Waals surface area contributed by atoms with E-state index in [4.69, 9.17) is 4.74 Å². The van der Waals surface area contributed by atoms with Gasteiger partial charge in [0.05, 0.1) is 23.8 Å². The molecule has 144 valence electrons. The number of rotatable bonds is 3. The summed E-state index contributed by atoms with van der Waals surface area (Å²) in [7, 11) is 1.68. The molecule has 0 bridgehead atoms. The lowest BCUT2D eigenvalue weighted by Crippen LogP contribution is -2.36. The van der Waals surface area contributed by atoms with Gasteiger partial charge < -0.3 is 9.64 Å². The summed E-state index contributed by atoms with van der Waals surface area (Å²) < 4.78 is 19.3. The molecule has 0 N–H and O–H groups in total. The molecule has 0 spiro atoms. The molecule has 2 saturated heterocycles. The third-order valence-electron chi connectivity index (χ3n) is 4.65. The molecule has 0 aromatic heterocycles. The molecule has 2 aromatic rings. The van der Waals surface area contributed by atoms with Gasteiger partial charge in [-0.05, 0) is 48.2 Å². The van der Waals surface area contributed by atoms with E-state index in [1.165, 1.54) is 22.7 Å². The predicted molar refractivity (Wildman–Crippen MR) is 111 cm³/mol. The monoisotopic (exact) mass is 397 g/mol. The number of hydrogen-bond acceptors (Lipinski definition) is 5. The molecular weight excluding hydrogens is 377 g/mol.